The van der Waals surface area contributed by atoms with E-state index >= 15 is 0 Å². The van der Waals surface area contributed by atoms with Crippen molar-refractivity contribution in [3.8, 4) is 0 Å². The minimum Gasteiger partial charge on any atom is -0.368 e. The molecule has 0 bridgehead atoms. The van der Waals surface area contributed by atoms with Gasteiger partial charge in [0.05, 0.1) is 0 Å². The Kier molecular flexibility index (Phi) is 2.65. The van der Waals surface area contributed by atoms with E-state index in [9.17, 15) is 0 Å². The Morgan fingerprint density at radius 3 is 2.60 bits per heavy atom. The van der Waals surface area contributed by atoms with Crippen molar-refractivity contribution in [1.29, 1.82) is 0 Å². The number of aliphatic hydroxyl groups excluding tert-OH is 1. The first-order chi connectivity index (χ1) is 4.70. The smallest absolute Gasteiger partial charge is 0.155 e. The minimum absolute atomic E-state index is 0.0683. The first kappa shape index (κ1) is 7.98. The number of hydrogen-bond acceptors (Lipinski definition) is 3. The van der Waals surface area contributed by atoms with Crippen LogP contribution in [0.15, 0.2) is 0 Å². The molecule has 0 radical (unpaired) electrons. The zero-order valence-corrected chi connectivity index (χ0v) is 6.32. The van der Waals surface area contributed by atoms with Crippen LogP contribution in [-0.2, 0) is 0 Å². The third-order valence-corrected chi connectivity index (χ3v) is 2.08. The number of rotatable bonds is 1. The molecule has 1 fully saturated rings. The fourth-order valence-electron chi connectivity index (χ4n) is 1.45. The van der Waals surface area contributed by atoms with Gasteiger partial charge < -0.3 is 15.1 Å². The van der Waals surface area contributed by atoms with Crippen LogP contribution in [0.5, 0.6) is 0 Å². The van der Waals surface area contributed by atoms with Gasteiger partial charge in [-0.2, -0.15) is 0 Å². The summed E-state index contributed by atoms with van der Waals surface area (Å²) >= 11 is 0. The number of hydrogen-bond donors (Lipinski definition) is 2. The molecule has 0 aromatic heterocycles. The summed E-state index contributed by atoms with van der Waals surface area (Å²) < 4.78 is 0. The number of nitrogens with zero attached hydrogens (tertiary/aromatic N) is 1. The molecular weight excluding hydrogens is 130 g/mol. The van der Waals surface area contributed by atoms with Crippen LogP contribution < -0.4 is 0 Å². The van der Waals surface area contributed by atoms with E-state index in [0.717, 1.165) is 25.9 Å². The quantitative estimate of drug-likeness (QED) is 0.495. The zero-order valence-electron chi connectivity index (χ0n) is 6.32. The molecule has 3 heteroatoms. The highest BCUT2D eigenvalue weighted by atomic mass is 16.5. The van der Waals surface area contributed by atoms with Crippen LogP contribution in [0.25, 0.3) is 0 Å². The fraction of sp³-hybridized carbons (Fsp3) is 1.00. The predicted molar refractivity (Wildman–Crippen MR) is 38.4 cm³/mol. The second-order valence-corrected chi connectivity index (χ2v) is 3.08. The highest BCUT2D eigenvalue weighted by molar-refractivity contribution is 4.71. The lowest BCUT2D eigenvalue weighted by atomic mass is 9.98. The van der Waals surface area contributed by atoms with Gasteiger partial charge in [0.15, 0.2) is 6.29 Å². The maximum Gasteiger partial charge on any atom is 0.155 e. The van der Waals surface area contributed by atoms with E-state index in [-0.39, 0.29) is 5.92 Å². The maximum absolute atomic E-state index is 8.82. The van der Waals surface area contributed by atoms with Gasteiger partial charge in [0.2, 0.25) is 0 Å². The first-order valence-corrected chi connectivity index (χ1v) is 3.75. The van der Waals surface area contributed by atoms with E-state index in [1.807, 2.05) is 7.05 Å². The third kappa shape index (κ3) is 1.94. The summed E-state index contributed by atoms with van der Waals surface area (Å²) in [6.45, 7) is 1.90. The Balaban J connectivity index is 2.32. The van der Waals surface area contributed by atoms with Gasteiger partial charge in [-0.3, -0.25) is 0 Å². The molecule has 0 saturated carbocycles. The van der Waals surface area contributed by atoms with Crippen molar-refractivity contribution >= 4 is 0 Å². The summed E-state index contributed by atoms with van der Waals surface area (Å²) in [5, 5.41) is 17.6. The molecule has 1 aliphatic heterocycles. The first-order valence-electron chi connectivity index (χ1n) is 3.75. The lowest BCUT2D eigenvalue weighted by molar-refractivity contribution is -0.0988. The summed E-state index contributed by atoms with van der Waals surface area (Å²) in [7, 11) is 2.01. The van der Waals surface area contributed by atoms with Crippen LogP contribution >= 0.6 is 0 Å². The monoisotopic (exact) mass is 145 g/mol. The zero-order chi connectivity index (χ0) is 7.56. The molecule has 0 aliphatic carbocycles. The summed E-state index contributed by atoms with van der Waals surface area (Å²) in [4.78, 5) is 2.13. The highest BCUT2D eigenvalue weighted by Crippen LogP contribution is 2.16. The van der Waals surface area contributed by atoms with Crippen molar-refractivity contribution in [1.82, 2.24) is 4.90 Å². The van der Waals surface area contributed by atoms with Gasteiger partial charge in [-0.25, -0.2) is 0 Å². The van der Waals surface area contributed by atoms with Crippen LogP contribution in [0.1, 0.15) is 12.8 Å². The van der Waals surface area contributed by atoms with Crippen LogP contribution in [0, 0.1) is 5.92 Å². The van der Waals surface area contributed by atoms with E-state index in [2.05, 4.69) is 4.90 Å². The van der Waals surface area contributed by atoms with Gasteiger partial charge in [0.1, 0.15) is 0 Å². The molecule has 0 aromatic carbocycles. The molecule has 1 saturated heterocycles. The van der Waals surface area contributed by atoms with Crippen LogP contribution in [0.3, 0.4) is 0 Å². The Bertz CT molecular complexity index is 106. The Hall–Kier alpha value is -0.120. The molecule has 3 nitrogen and oxygen atoms in total. The molecule has 1 unspecified atom stereocenters. The molecule has 0 amide bonds. The second kappa shape index (κ2) is 3.32. The van der Waals surface area contributed by atoms with Crippen molar-refractivity contribution in [2.24, 2.45) is 5.92 Å². The number of aliphatic hydroxyl groups is 2. The van der Waals surface area contributed by atoms with E-state index in [4.69, 9.17) is 10.2 Å². The fourth-order valence-corrected chi connectivity index (χ4v) is 1.45. The van der Waals surface area contributed by atoms with E-state index in [0.29, 0.717) is 0 Å². The van der Waals surface area contributed by atoms with Gasteiger partial charge in [0, 0.05) is 12.5 Å². The Morgan fingerprint density at radius 2 is 2.20 bits per heavy atom. The van der Waals surface area contributed by atoms with Gasteiger partial charge in [-0.05, 0) is 26.4 Å². The highest BCUT2D eigenvalue weighted by Gasteiger charge is 2.21. The van der Waals surface area contributed by atoms with Crippen molar-refractivity contribution in [3.05, 3.63) is 0 Å². The molecule has 2 N–H and O–H groups in total. The summed E-state index contributed by atoms with van der Waals surface area (Å²) in [6.07, 6.45) is 0.906. The van der Waals surface area contributed by atoms with E-state index in [1.165, 1.54) is 0 Å². The number of piperidine rings is 1. The molecular formula is C7H15NO2. The standard InChI is InChI=1S/C7H15NO2/c1-8-4-2-3-6(5-8)7(9)10/h6-7,9-10H,2-5H2,1H3. The molecule has 1 aliphatic rings. The Labute approximate surface area is 61.3 Å². The van der Waals surface area contributed by atoms with Crippen molar-refractivity contribution < 1.29 is 10.2 Å². The predicted octanol–water partition coefficient (Wildman–Crippen LogP) is -0.361. The maximum atomic E-state index is 8.82. The average molecular weight is 145 g/mol. The third-order valence-electron chi connectivity index (χ3n) is 2.08. The lowest BCUT2D eigenvalue weighted by Crippen LogP contribution is -2.37. The largest absolute Gasteiger partial charge is 0.368 e. The lowest BCUT2D eigenvalue weighted by Gasteiger charge is -2.30. The minimum atomic E-state index is -1.12. The van der Waals surface area contributed by atoms with Gasteiger partial charge >= 0.3 is 0 Å². The van der Waals surface area contributed by atoms with Gasteiger partial charge in [-0.15, -0.1) is 0 Å². The topological polar surface area (TPSA) is 43.7 Å². The van der Waals surface area contributed by atoms with Gasteiger partial charge in [-0.1, -0.05) is 0 Å². The summed E-state index contributed by atoms with van der Waals surface area (Å²) in [5.74, 6) is 0.0683. The molecule has 0 spiro atoms. The second-order valence-electron chi connectivity index (χ2n) is 3.08. The van der Waals surface area contributed by atoms with Crippen LogP contribution in [0.4, 0.5) is 0 Å². The number of likely N-dealkylation sites (tertiary alicyclic amines) is 1. The van der Waals surface area contributed by atoms with Gasteiger partial charge in [0.25, 0.3) is 0 Å². The average Bonchev–Trinajstić information content (AvgIpc) is 1.88. The molecule has 0 aromatic rings. The summed E-state index contributed by atoms with van der Waals surface area (Å²) in [6, 6.07) is 0. The molecule has 1 rings (SSSR count). The molecule has 10 heavy (non-hydrogen) atoms. The molecule has 60 valence electrons. The van der Waals surface area contributed by atoms with Crippen LogP contribution in [-0.4, -0.2) is 41.5 Å². The van der Waals surface area contributed by atoms with E-state index in [1.54, 1.807) is 0 Å². The summed E-state index contributed by atoms with van der Waals surface area (Å²) in [5.41, 5.74) is 0. The van der Waals surface area contributed by atoms with Crippen molar-refractivity contribution in [2.75, 3.05) is 20.1 Å². The van der Waals surface area contributed by atoms with Crippen LogP contribution in [0.2, 0.25) is 0 Å². The van der Waals surface area contributed by atoms with Crippen molar-refractivity contribution in [3.63, 3.8) is 0 Å². The van der Waals surface area contributed by atoms with Crippen molar-refractivity contribution in [2.45, 2.75) is 19.1 Å². The molecule has 1 heterocycles. The normalized spacial score (nSPS) is 29.4. The Morgan fingerprint density at radius 1 is 1.50 bits per heavy atom. The SMILES string of the molecule is CN1CCCC(C(O)O)C1. The van der Waals surface area contributed by atoms with E-state index < -0.39 is 6.29 Å². The molecule has 1 atom stereocenters.